The molecule has 1 heterocycles. The fourth-order valence-electron chi connectivity index (χ4n) is 2.63. The van der Waals surface area contributed by atoms with Crippen LogP contribution in [0.1, 0.15) is 11.1 Å². The number of rotatable bonds is 6. The molecule has 21 heavy (non-hydrogen) atoms. The molecule has 1 aromatic heterocycles. The molecule has 3 nitrogen and oxygen atoms in total. The van der Waals surface area contributed by atoms with Crippen LogP contribution in [0.4, 0.5) is 0 Å². The molecule has 0 aliphatic heterocycles. The summed E-state index contributed by atoms with van der Waals surface area (Å²) < 4.78 is 5.37. The average Bonchev–Trinajstić information content (AvgIpc) is 2.95. The molecule has 0 spiro atoms. The van der Waals surface area contributed by atoms with Gasteiger partial charge in [0.1, 0.15) is 5.75 Å². The van der Waals surface area contributed by atoms with Crippen molar-refractivity contribution in [3.8, 4) is 5.75 Å². The van der Waals surface area contributed by atoms with Crippen LogP contribution >= 0.6 is 0 Å². The summed E-state index contributed by atoms with van der Waals surface area (Å²) >= 11 is 0. The molecular formula is C18H20N2O. The van der Waals surface area contributed by atoms with Gasteiger partial charge in [-0.25, -0.2) is 0 Å². The Labute approximate surface area is 125 Å². The van der Waals surface area contributed by atoms with Gasteiger partial charge in [0.15, 0.2) is 0 Å². The molecule has 3 rings (SSSR count). The van der Waals surface area contributed by atoms with E-state index in [9.17, 15) is 0 Å². The lowest BCUT2D eigenvalue weighted by Crippen LogP contribution is -2.16. The van der Waals surface area contributed by atoms with E-state index in [-0.39, 0.29) is 0 Å². The smallest absolute Gasteiger partial charge is 0.122 e. The van der Waals surface area contributed by atoms with E-state index in [0.29, 0.717) is 0 Å². The Kier molecular flexibility index (Phi) is 4.22. The van der Waals surface area contributed by atoms with Crippen molar-refractivity contribution in [2.24, 2.45) is 0 Å². The third kappa shape index (κ3) is 3.09. The summed E-state index contributed by atoms with van der Waals surface area (Å²) in [6.07, 6.45) is 3.05. The number of nitrogens with one attached hydrogen (secondary N) is 2. The van der Waals surface area contributed by atoms with E-state index in [1.165, 1.54) is 22.0 Å². The second-order valence-electron chi connectivity index (χ2n) is 5.10. The lowest BCUT2D eigenvalue weighted by atomic mass is 10.1. The number of methoxy groups -OCH3 is 1. The Hall–Kier alpha value is -2.26. The van der Waals surface area contributed by atoms with Gasteiger partial charge in [-0.05, 0) is 36.2 Å². The maximum absolute atomic E-state index is 5.37. The number of hydrogen-bond donors (Lipinski definition) is 2. The number of aromatic amines is 1. The highest BCUT2D eigenvalue weighted by Gasteiger charge is 2.03. The molecule has 0 saturated carbocycles. The molecule has 2 N–H and O–H groups in total. The lowest BCUT2D eigenvalue weighted by Gasteiger charge is -2.08. The van der Waals surface area contributed by atoms with Gasteiger partial charge in [-0.1, -0.05) is 36.4 Å². The number of benzene rings is 2. The molecule has 0 atom stereocenters. The lowest BCUT2D eigenvalue weighted by molar-refractivity contribution is 0.409. The van der Waals surface area contributed by atoms with E-state index >= 15 is 0 Å². The SMILES string of the molecule is COc1ccccc1CCNCc1c[nH]c2ccccc12. The predicted molar refractivity (Wildman–Crippen MR) is 86.7 cm³/mol. The van der Waals surface area contributed by atoms with Gasteiger partial charge in [-0.2, -0.15) is 0 Å². The summed E-state index contributed by atoms with van der Waals surface area (Å²) in [6.45, 7) is 1.80. The zero-order valence-electron chi connectivity index (χ0n) is 12.2. The Morgan fingerprint density at radius 2 is 1.81 bits per heavy atom. The van der Waals surface area contributed by atoms with E-state index in [2.05, 4.69) is 52.9 Å². The molecule has 0 radical (unpaired) electrons. The molecule has 0 amide bonds. The van der Waals surface area contributed by atoms with E-state index in [1.54, 1.807) is 7.11 Å². The first-order valence-electron chi connectivity index (χ1n) is 7.26. The second-order valence-corrected chi connectivity index (χ2v) is 5.10. The number of fused-ring (bicyclic) bond motifs is 1. The molecule has 0 aliphatic carbocycles. The predicted octanol–water partition coefficient (Wildman–Crippen LogP) is 3.51. The summed E-state index contributed by atoms with van der Waals surface area (Å²) in [5.74, 6) is 0.964. The first-order valence-corrected chi connectivity index (χ1v) is 7.26. The van der Waals surface area contributed by atoms with Crippen LogP contribution in [-0.4, -0.2) is 18.6 Å². The minimum Gasteiger partial charge on any atom is -0.496 e. The summed E-state index contributed by atoms with van der Waals surface area (Å²) in [5, 5.41) is 4.80. The van der Waals surface area contributed by atoms with Gasteiger partial charge in [-0.3, -0.25) is 0 Å². The maximum Gasteiger partial charge on any atom is 0.122 e. The normalized spacial score (nSPS) is 10.9. The Balaban J connectivity index is 1.57. The van der Waals surface area contributed by atoms with Gasteiger partial charge >= 0.3 is 0 Å². The van der Waals surface area contributed by atoms with Crippen LogP contribution in [0.2, 0.25) is 0 Å². The number of hydrogen-bond acceptors (Lipinski definition) is 2. The highest BCUT2D eigenvalue weighted by molar-refractivity contribution is 5.82. The molecule has 0 saturated heterocycles. The van der Waals surface area contributed by atoms with Crippen molar-refractivity contribution in [1.82, 2.24) is 10.3 Å². The molecule has 3 heteroatoms. The second kappa shape index (κ2) is 6.46. The molecule has 0 bridgehead atoms. The molecular weight excluding hydrogens is 260 g/mol. The van der Waals surface area contributed by atoms with Crippen LogP contribution in [0, 0.1) is 0 Å². The largest absolute Gasteiger partial charge is 0.496 e. The van der Waals surface area contributed by atoms with Crippen molar-refractivity contribution >= 4 is 10.9 Å². The van der Waals surface area contributed by atoms with Gasteiger partial charge in [0.25, 0.3) is 0 Å². The van der Waals surface area contributed by atoms with E-state index in [0.717, 1.165) is 25.3 Å². The monoisotopic (exact) mass is 280 g/mol. The molecule has 108 valence electrons. The first-order chi connectivity index (χ1) is 10.4. The topological polar surface area (TPSA) is 37.0 Å². The zero-order valence-corrected chi connectivity index (χ0v) is 12.2. The Bertz CT molecular complexity index is 718. The fourth-order valence-corrected chi connectivity index (χ4v) is 2.63. The Morgan fingerprint density at radius 1 is 1.00 bits per heavy atom. The summed E-state index contributed by atoms with van der Waals surface area (Å²) in [5.41, 5.74) is 3.75. The summed E-state index contributed by atoms with van der Waals surface area (Å²) in [7, 11) is 1.72. The Morgan fingerprint density at radius 3 is 2.71 bits per heavy atom. The first kappa shape index (κ1) is 13.7. The van der Waals surface area contributed by atoms with Gasteiger partial charge in [0.2, 0.25) is 0 Å². The van der Waals surface area contributed by atoms with Crippen LogP contribution in [0.25, 0.3) is 10.9 Å². The third-order valence-electron chi connectivity index (χ3n) is 3.75. The molecule has 0 unspecified atom stereocenters. The van der Waals surface area contributed by atoms with Crippen LogP contribution in [0.5, 0.6) is 5.75 Å². The fraction of sp³-hybridized carbons (Fsp3) is 0.222. The average molecular weight is 280 g/mol. The highest BCUT2D eigenvalue weighted by atomic mass is 16.5. The zero-order chi connectivity index (χ0) is 14.5. The van der Waals surface area contributed by atoms with Crippen LogP contribution in [0.3, 0.4) is 0 Å². The van der Waals surface area contributed by atoms with Gasteiger partial charge in [0, 0.05) is 23.6 Å². The number of H-pyrrole nitrogens is 1. The minimum absolute atomic E-state index is 0.874. The summed E-state index contributed by atoms with van der Waals surface area (Å²) in [4.78, 5) is 3.31. The van der Waals surface area contributed by atoms with Gasteiger partial charge < -0.3 is 15.0 Å². The molecule has 0 fully saturated rings. The number of para-hydroxylation sites is 2. The van der Waals surface area contributed by atoms with Gasteiger partial charge in [-0.15, -0.1) is 0 Å². The molecule has 0 aliphatic rings. The van der Waals surface area contributed by atoms with Crippen molar-refractivity contribution < 1.29 is 4.74 Å². The van der Waals surface area contributed by atoms with Crippen molar-refractivity contribution in [3.63, 3.8) is 0 Å². The summed E-state index contributed by atoms with van der Waals surface area (Å²) in [6, 6.07) is 16.6. The molecule has 3 aromatic rings. The van der Waals surface area contributed by atoms with Crippen molar-refractivity contribution in [2.75, 3.05) is 13.7 Å². The molecule has 2 aromatic carbocycles. The van der Waals surface area contributed by atoms with Gasteiger partial charge in [0.05, 0.1) is 7.11 Å². The minimum atomic E-state index is 0.874. The van der Waals surface area contributed by atoms with E-state index in [1.807, 2.05) is 12.1 Å². The van der Waals surface area contributed by atoms with E-state index in [4.69, 9.17) is 4.74 Å². The standard InChI is InChI=1S/C18H20N2O/c1-21-18-9-5-2-6-14(18)10-11-19-12-15-13-20-17-8-4-3-7-16(15)17/h2-9,13,19-20H,10-12H2,1H3. The quantitative estimate of drug-likeness (QED) is 0.678. The maximum atomic E-state index is 5.37. The van der Waals surface area contributed by atoms with Crippen LogP contribution < -0.4 is 10.1 Å². The van der Waals surface area contributed by atoms with E-state index < -0.39 is 0 Å². The van der Waals surface area contributed by atoms with Crippen molar-refractivity contribution in [2.45, 2.75) is 13.0 Å². The highest BCUT2D eigenvalue weighted by Crippen LogP contribution is 2.18. The number of ether oxygens (including phenoxy) is 1. The van der Waals surface area contributed by atoms with Crippen molar-refractivity contribution in [1.29, 1.82) is 0 Å². The van der Waals surface area contributed by atoms with Crippen LogP contribution in [0.15, 0.2) is 54.7 Å². The van der Waals surface area contributed by atoms with Crippen molar-refractivity contribution in [3.05, 3.63) is 65.9 Å². The van der Waals surface area contributed by atoms with Crippen LogP contribution in [-0.2, 0) is 13.0 Å². The third-order valence-corrected chi connectivity index (χ3v) is 3.75. The number of aromatic nitrogens is 1.